The summed E-state index contributed by atoms with van der Waals surface area (Å²) in [6.07, 6.45) is 0. The summed E-state index contributed by atoms with van der Waals surface area (Å²) in [5, 5.41) is 7.84. The van der Waals surface area contributed by atoms with E-state index in [1.807, 2.05) is 0 Å². The number of hydrogen-bond acceptors (Lipinski definition) is 0. The van der Waals surface area contributed by atoms with Crippen molar-refractivity contribution in [3.8, 4) is 22.3 Å². The Kier molecular flexibility index (Phi) is 3.89. The average molecular weight is 380 g/mol. The Morgan fingerprint density at radius 3 is 1.63 bits per heavy atom. The van der Waals surface area contributed by atoms with Crippen LogP contribution in [-0.4, -0.2) is 0 Å². The standard InChI is InChI=1S/C30H20/c1-2-6-21(7-3-1)22-10-12-23(13-11-22)26-18-19-29-27(20-26)17-16-25-15-14-24-8-4-5-9-28(24)30(25)29/h1-20H. The van der Waals surface area contributed by atoms with E-state index in [0.717, 1.165) is 0 Å². The normalized spacial score (nSPS) is 11.3. The second-order valence-electron chi connectivity index (χ2n) is 7.83. The molecule has 0 aliphatic rings. The van der Waals surface area contributed by atoms with E-state index in [2.05, 4.69) is 121 Å². The van der Waals surface area contributed by atoms with Crippen LogP contribution in [-0.2, 0) is 0 Å². The van der Waals surface area contributed by atoms with Crippen LogP contribution >= 0.6 is 0 Å². The Bertz CT molecular complexity index is 1510. The summed E-state index contributed by atoms with van der Waals surface area (Å²) in [7, 11) is 0. The molecule has 6 aromatic carbocycles. The molecule has 0 atom stereocenters. The summed E-state index contributed by atoms with van der Waals surface area (Å²) >= 11 is 0. The van der Waals surface area contributed by atoms with E-state index in [1.165, 1.54) is 54.6 Å². The van der Waals surface area contributed by atoms with Crippen molar-refractivity contribution in [3.63, 3.8) is 0 Å². The highest BCUT2D eigenvalue weighted by molar-refractivity contribution is 6.20. The van der Waals surface area contributed by atoms with Crippen LogP contribution in [0.2, 0.25) is 0 Å². The molecule has 0 aliphatic heterocycles. The first-order valence-electron chi connectivity index (χ1n) is 10.4. The van der Waals surface area contributed by atoms with E-state index in [4.69, 9.17) is 0 Å². The Morgan fingerprint density at radius 2 is 0.833 bits per heavy atom. The van der Waals surface area contributed by atoms with Gasteiger partial charge in [0.25, 0.3) is 0 Å². The number of rotatable bonds is 2. The molecule has 0 bridgehead atoms. The van der Waals surface area contributed by atoms with Crippen LogP contribution in [0.25, 0.3) is 54.6 Å². The van der Waals surface area contributed by atoms with Gasteiger partial charge >= 0.3 is 0 Å². The molecule has 6 rings (SSSR count). The molecular weight excluding hydrogens is 360 g/mol. The lowest BCUT2D eigenvalue weighted by molar-refractivity contribution is 1.60. The van der Waals surface area contributed by atoms with Crippen LogP contribution in [0.3, 0.4) is 0 Å². The minimum Gasteiger partial charge on any atom is -0.0622 e. The summed E-state index contributed by atoms with van der Waals surface area (Å²) in [6.45, 7) is 0. The fourth-order valence-corrected chi connectivity index (χ4v) is 4.50. The van der Waals surface area contributed by atoms with E-state index in [1.54, 1.807) is 0 Å². The second kappa shape index (κ2) is 6.86. The zero-order valence-electron chi connectivity index (χ0n) is 16.5. The molecule has 0 fully saturated rings. The van der Waals surface area contributed by atoms with E-state index < -0.39 is 0 Å². The molecule has 140 valence electrons. The molecule has 30 heavy (non-hydrogen) atoms. The zero-order valence-corrected chi connectivity index (χ0v) is 16.5. The minimum absolute atomic E-state index is 1.24. The number of fused-ring (bicyclic) bond motifs is 5. The molecule has 0 heterocycles. The quantitative estimate of drug-likeness (QED) is 0.264. The summed E-state index contributed by atoms with van der Waals surface area (Å²) < 4.78 is 0. The van der Waals surface area contributed by atoms with Gasteiger partial charge in [0.2, 0.25) is 0 Å². The van der Waals surface area contributed by atoms with Crippen LogP contribution in [0.15, 0.2) is 121 Å². The Morgan fingerprint density at radius 1 is 0.300 bits per heavy atom. The van der Waals surface area contributed by atoms with Gasteiger partial charge in [-0.2, -0.15) is 0 Å². The molecule has 0 amide bonds. The highest BCUT2D eigenvalue weighted by Gasteiger charge is 2.07. The smallest absolute Gasteiger partial charge is 0.00268 e. The number of benzene rings is 6. The summed E-state index contributed by atoms with van der Waals surface area (Å²) in [4.78, 5) is 0. The lowest BCUT2D eigenvalue weighted by Crippen LogP contribution is -1.84. The fourth-order valence-electron chi connectivity index (χ4n) is 4.50. The first-order valence-corrected chi connectivity index (χ1v) is 10.4. The van der Waals surface area contributed by atoms with Gasteiger partial charge < -0.3 is 0 Å². The molecule has 0 aliphatic carbocycles. The predicted molar refractivity (Wildman–Crippen MR) is 130 cm³/mol. The third-order valence-corrected chi connectivity index (χ3v) is 6.05. The average Bonchev–Trinajstić information content (AvgIpc) is 2.84. The van der Waals surface area contributed by atoms with Crippen LogP contribution in [0.5, 0.6) is 0 Å². The van der Waals surface area contributed by atoms with Gasteiger partial charge in [0.05, 0.1) is 0 Å². The summed E-state index contributed by atoms with van der Waals surface area (Å²) in [6, 6.07) is 43.8. The Hall–Kier alpha value is -3.90. The first-order chi connectivity index (χ1) is 14.9. The van der Waals surface area contributed by atoms with E-state index in [-0.39, 0.29) is 0 Å². The van der Waals surface area contributed by atoms with Crippen molar-refractivity contribution in [1.29, 1.82) is 0 Å². The van der Waals surface area contributed by atoms with Crippen LogP contribution in [0.1, 0.15) is 0 Å². The largest absolute Gasteiger partial charge is 0.0622 e. The van der Waals surface area contributed by atoms with Crippen molar-refractivity contribution in [2.75, 3.05) is 0 Å². The monoisotopic (exact) mass is 380 g/mol. The molecule has 6 aromatic rings. The maximum Gasteiger partial charge on any atom is -0.00268 e. The molecular formula is C30H20. The van der Waals surface area contributed by atoms with Crippen LogP contribution < -0.4 is 0 Å². The predicted octanol–water partition coefficient (Wildman–Crippen LogP) is 8.48. The van der Waals surface area contributed by atoms with Crippen molar-refractivity contribution in [3.05, 3.63) is 121 Å². The van der Waals surface area contributed by atoms with Crippen LogP contribution in [0, 0.1) is 0 Å². The zero-order chi connectivity index (χ0) is 19.9. The van der Waals surface area contributed by atoms with Crippen molar-refractivity contribution in [1.82, 2.24) is 0 Å². The van der Waals surface area contributed by atoms with Gasteiger partial charge in [-0.3, -0.25) is 0 Å². The lowest BCUT2D eigenvalue weighted by atomic mass is 9.94. The molecule has 0 N–H and O–H groups in total. The van der Waals surface area contributed by atoms with Crippen molar-refractivity contribution in [2.24, 2.45) is 0 Å². The maximum atomic E-state index is 2.31. The Labute approximate surface area is 176 Å². The molecule has 0 saturated carbocycles. The molecule has 0 radical (unpaired) electrons. The second-order valence-corrected chi connectivity index (χ2v) is 7.83. The van der Waals surface area contributed by atoms with Crippen molar-refractivity contribution < 1.29 is 0 Å². The van der Waals surface area contributed by atoms with Gasteiger partial charge in [-0.25, -0.2) is 0 Å². The van der Waals surface area contributed by atoms with Gasteiger partial charge in [-0.1, -0.05) is 115 Å². The Balaban J connectivity index is 1.49. The SMILES string of the molecule is c1ccc(-c2ccc(-c3ccc4c(ccc5ccc6ccccc6c54)c3)cc2)cc1. The van der Waals surface area contributed by atoms with E-state index >= 15 is 0 Å². The van der Waals surface area contributed by atoms with E-state index in [0.29, 0.717) is 0 Å². The van der Waals surface area contributed by atoms with E-state index in [9.17, 15) is 0 Å². The molecule has 0 saturated heterocycles. The third-order valence-electron chi connectivity index (χ3n) is 6.05. The number of hydrogen-bond donors (Lipinski definition) is 0. The topological polar surface area (TPSA) is 0 Å². The summed E-state index contributed by atoms with van der Waals surface area (Å²) in [5.41, 5.74) is 5.00. The van der Waals surface area contributed by atoms with Gasteiger partial charge in [0.15, 0.2) is 0 Å². The molecule has 0 heteroatoms. The molecule has 0 aromatic heterocycles. The fraction of sp³-hybridized carbons (Fsp3) is 0. The van der Waals surface area contributed by atoms with Gasteiger partial charge in [-0.05, 0) is 60.6 Å². The summed E-state index contributed by atoms with van der Waals surface area (Å²) in [5.74, 6) is 0. The lowest BCUT2D eigenvalue weighted by Gasteiger charge is -2.10. The van der Waals surface area contributed by atoms with Crippen LogP contribution in [0.4, 0.5) is 0 Å². The van der Waals surface area contributed by atoms with Crippen molar-refractivity contribution in [2.45, 2.75) is 0 Å². The van der Waals surface area contributed by atoms with Gasteiger partial charge in [-0.15, -0.1) is 0 Å². The molecule has 0 nitrogen and oxygen atoms in total. The van der Waals surface area contributed by atoms with Crippen molar-refractivity contribution >= 4 is 32.3 Å². The first kappa shape index (κ1) is 17.0. The maximum absolute atomic E-state index is 2.31. The highest BCUT2D eigenvalue weighted by Crippen LogP contribution is 2.34. The molecule has 0 unspecified atom stereocenters. The highest BCUT2D eigenvalue weighted by atomic mass is 14.1. The van der Waals surface area contributed by atoms with Gasteiger partial charge in [0.1, 0.15) is 0 Å². The third kappa shape index (κ3) is 2.77. The molecule has 0 spiro atoms. The van der Waals surface area contributed by atoms with Gasteiger partial charge in [0, 0.05) is 0 Å². The minimum atomic E-state index is 1.24.